The van der Waals surface area contributed by atoms with E-state index in [1.54, 1.807) is 14.2 Å². The molecule has 0 aliphatic carbocycles. The second kappa shape index (κ2) is 8.35. The van der Waals surface area contributed by atoms with Gasteiger partial charge in [0, 0.05) is 0 Å². The molecule has 0 aliphatic rings. The van der Waals surface area contributed by atoms with E-state index >= 15 is 0 Å². The van der Waals surface area contributed by atoms with E-state index in [9.17, 15) is 0 Å². The van der Waals surface area contributed by atoms with Crippen LogP contribution >= 0.6 is 0 Å². The highest BCUT2D eigenvalue weighted by atomic mass is 16.5. The Morgan fingerprint density at radius 2 is 1.24 bits per heavy atom. The standard InChI is InChI=1S/C10H14O.C9H12O/c1-4-9-5-6-10(11-3)7-8(9)2;1-7-4-5-9(10-3)6-8(7)2/h5-7H,4H2,1-3H3;4-6H,1-3H3. The molecule has 114 valence electrons. The molecule has 0 N–H and O–H groups in total. The molecule has 0 saturated carbocycles. The first-order valence-electron chi connectivity index (χ1n) is 7.26. The highest BCUT2D eigenvalue weighted by Crippen LogP contribution is 2.17. The summed E-state index contributed by atoms with van der Waals surface area (Å²) in [6.07, 6.45) is 1.09. The van der Waals surface area contributed by atoms with Gasteiger partial charge in [0.15, 0.2) is 0 Å². The average molecular weight is 286 g/mol. The lowest BCUT2D eigenvalue weighted by molar-refractivity contribution is 0.414. The molecule has 0 aromatic heterocycles. The minimum Gasteiger partial charge on any atom is -0.497 e. The molecule has 2 rings (SSSR count). The van der Waals surface area contributed by atoms with Crippen LogP contribution in [0.5, 0.6) is 11.5 Å². The number of hydrogen-bond acceptors (Lipinski definition) is 2. The number of methoxy groups -OCH3 is 2. The third-order valence-corrected chi connectivity index (χ3v) is 3.64. The first-order chi connectivity index (χ1) is 10.0. The Kier molecular flexibility index (Phi) is 6.80. The van der Waals surface area contributed by atoms with Crippen LogP contribution in [0.4, 0.5) is 0 Å². The van der Waals surface area contributed by atoms with Crippen LogP contribution in [0, 0.1) is 20.8 Å². The SMILES string of the molecule is CCc1ccc(OC)cc1C.COc1ccc(C)c(C)c1. The maximum absolute atomic E-state index is 5.09. The Hall–Kier alpha value is -1.96. The van der Waals surface area contributed by atoms with Crippen LogP contribution in [0.3, 0.4) is 0 Å². The van der Waals surface area contributed by atoms with E-state index in [1.807, 2.05) is 18.2 Å². The molecule has 0 fully saturated rings. The van der Waals surface area contributed by atoms with Gasteiger partial charge in [-0.1, -0.05) is 19.1 Å². The van der Waals surface area contributed by atoms with E-state index in [0.29, 0.717) is 0 Å². The summed E-state index contributed by atoms with van der Waals surface area (Å²) in [4.78, 5) is 0. The van der Waals surface area contributed by atoms with Crippen molar-refractivity contribution in [3.63, 3.8) is 0 Å². The minimum atomic E-state index is 0.933. The quantitative estimate of drug-likeness (QED) is 0.800. The Morgan fingerprint density at radius 3 is 1.67 bits per heavy atom. The van der Waals surface area contributed by atoms with E-state index in [4.69, 9.17) is 9.47 Å². The van der Waals surface area contributed by atoms with Crippen LogP contribution in [0.15, 0.2) is 36.4 Å². The Morgan fingerprint density at radius 1 is 0.714 bits per heavy atom. The molecule has 2 aromatic carbocycles. The van der Waals surface area contributed by atoms with Crippen molar-refractivity contribution >= 4 is 0 Å². The second-order valence-corrected chi connectivity index (χ2v) is 5.10. The summed E-state index contributed by atoms with van der Waals surface area (Å²) in [5, 5.41) is 0. The zero-order valence-corrected chi connectivity index (χ0v) is 14.0. The molecular formula is C19H26O2. The topological polar surface area (TPSA) is 18.5 Å². The molecular weight excluding hydrogens is 260 g/mol. The van der Waals surface area contributed by atoms with Gasteiger partial charge in [-0.15, -0.1) is 0 Å². The van der Waals surface area contributed by atoms with Crippen LogP contribution in [0.25, 0.3) is 0 Å². The summed E-state index contributed by atoms with van der Waals surface area (Å²) >= 11 is 0. The third kappa shape index (κ3) is 5.14. The van der Waals surface area contributed by atoms with Gasteiger partial charge in [-0.25, -0.2) is 0 Å². The molecule has 0 saturated heterocycles. The molecule has 2 heteroatoms. The third-order valence-electron chi connectivity index (χ3n) is 3.64. The van der Waals surface area contributed by atoms with Gasteiger partial charge in [0.2, 0.25) is 0 Å². The molecule has 0 atom stereocenters. The molecule has 2 aromatic rings. The van der Waals surface area contributed by atoms with Gasteiger partial charge in [-0.05, 0) is 73.7 Å². The average Bonchev–Trinajstić information content (AvgIpc) is 2.50. The van der Waals surface area contributed by atoms with Gasteiger partial charge < -0.3 is 9.47 Å². The van der Waals surface area contributed by atoms with Crippen LogP contribution in [0.2, 0.25) is 0 Å². The van der Waals surface area contributed by atoms with E-state index in [2.05, 4.69) is 45.9 Å². The lowest BCUT2D eigenvalue weighted by atomic mass is 10.1. The van der Waals surface area contributed by atoms with Crippen molar-refractivity contribution in [1.82, 2.24) is 0 Å². The maximum atomic E-state index is 5.09. The Labute approximate surface area is 128 Å². The molecule has 0 aliphatic heterocycles. The fourth-order valence-electron chi connectivity index (χ4n) is 2.03. The normalized spacial score (nSPS) is 9.62. The lowest BCUT2D eigenvalue weighted by Crippen LogP contribution is -1.88. The summed E-state index contributed by atoms with van der Waals surface area (Å²) in [7, 11) is 3.38. The fourth-order valence-corrected chi connectivity index (χ4v) is 2.03. The molecule has 0 spiro atoms. The summed E-state index contributed by atoms with van der Waals surface area (Å²) in [5.41, 5.74) is 5.29. The van der Waals surface area contributed by atoms with Gasteiger partial charge in [-0.3, -0.25) is 0 Å². The van der Waals surface area contributed by atoms with Crippen LogP contribution < -0.4 is 9.47 Å². The molecule has 0 amide bonds. The minimum absolute atomic E-state index is 0.933. The van der Waals surface area contributed by atoms with Crippen LogP contribution in [-0.4, -0.2) is 14.2 Å². The van der Waals surface area contributed by atoms with Gasteiger partial charge >= 0.3 is 0 Å². The van der Waals surface area contributed by atoms with Gasteiger partial charge in [-0.2, -0.15) is 0 Å². The van der Waals surface area contributed by atoms with Crippen molar-refractivity contribution in [3.8, 4) is 11.5 Å². The number of aryl methyl sites for hydroxylation is 4. The Balaban J connectivity index is 0.000000211. The summed E-state index contributed by atoms with van der Waals surface area (Å²) < 4.78 is 10.1. The van der Waals surface area contributed by atoms with Crippen LogP contribution in [0.1, 0.15) is 29.2 Å². The number of rotatable bonds is 3. The number of ether oxygens (including phenoxy) is 2. The Bertz CT molecular complexity index is 574. The van der Waals surface area contributed by atoms with E-state index in [-0.39, 0.29) is 0 Å². The van der Waals surface area contributed by atoms with Crippen LogP contribution in [-0.2, 0) is 6.42 Å². The van der Waals surface area contributed by atoms with E-state index in [0.717, 1.165) is 17.9 Å². The van der Waals surface area contributed by atoms with Crippen molar-refractivity contribution in [2.75, 3.05) is 14.2 Å². The predicted molar refractivity (Wildman–Crippen MR) is 89.6 cm³/mol. The zero-order valence-electron chi connectivity index (χ0n) is 14.0. The molecule has 0 radical (unpaired) electrons. The van der Waals surface area contributed by atoms with Gasteiger partial charge in [0.05, 0.1) is 14.2 Å². The molecule has 0 heterocycles. The smallest absolute Gasteiger partial charge is 0.119 e. The highest BCUT2D eigenvalue weighted by molar-refractivity contribution is 5.34. The first-order valence-corrected chi connectivity index (χ1v) is 7.26. The predicted octanol–water partition coefficient (Wildman–Crippen LogP) is 4.88. The zero-order chi connectivity index (χ0) is 15.8. The second-order valence-electron chi connectivity index (χ2n) is 5.10. The van der Waals surface area contributed by atoms with Gasteiger partial charge in [0.1, 0.15) is 11.5 Å². The molecule has 0 bridgehead atoms. The van der Waals surface area contributed by atoms with Crippen molar-refractivity contribution in [3.05, 3.63) is 58.7 Å². The fraction of sp³-hybridized carbons (Fsp3) is 0.368. The monoisotopic (exact) mass is 286 g/mol. The molecule has 0 unspecified atom stereocenters. The first kappa shape index (κ1) is 17.1. The lowest BCUT2D eigenvalue weighted by Gasteiger charge is -2.04. The van der Waals surface area contributed by atoms with E-state index in [1.165, 1.54) is 22.3 Å². The summed E-state index contributed by atoms with van der Waals surface area (Å²) in [5.74, 6) is 1.88. The molecule has 21 heavy (non-hydrogen) atoms. The van der Waals surface area contributed by atoms with Crippen molar-refractivity contribution in [2.24, 2.45) is 0 Å². The summed E-state index contributed by atoms with van der Waals surface area (Å²) in [6, 6.07) is 12.3. The van der Waals surface area contributed by atoms with Crippen molar-refractivity contribution in [1.29, 1.82) is 0 Å². The molecule has 2 nitrogen and oxygen atoms in total. The number of hydrogen-bond donors (Lipinski definition) is 0. The summed E-state index contributed by atoms with van der Waals surface area (Å²) in [6.45, 7) is 8.45. The largest absolute Gasteiger partial charge is 0.497 e. The highest BCUT2D eigenvalue weighted by Gasteiger charge is 1.96. The number of benzene rings is 2. The van der Waals surface area contributed by atoms with Crippen molar-refractivity contribution in [2.45, 2.75) is 34.1 Å². The maximum Gasteiger partial charge on any atom is 0.119 e. The van der Waals surface area contributed by atoms with E-state index < -0.39 is 0 Å². The van der Waals surface area contributed by atoms with Crippen molar-refractivity contribution < 1.29 is 9.47 Å². The van der Waals surface area contributed by atoms with Gasteiger partial charge in [0.25, 0.3) is 0 Å².